The molecule has 0 saturated carbocycles. The molecule has 0 atom stereocenters. The predicted octanol–water partition coefficient (Wildman–Crippen LogP) is 3.28. The number of hydrogen-bond acceptors (Lipinski definition) is 1. The summed E-state index contributed by atoms with van der Waals surface area (Å²) in [6, 6.07) is 0. The predicted molar refractivity (Wildman–Crippen MR) is 65.4 cm³/mol. The third-order valence-electron chi connectivity index (χ3n) is 2.00. The van der Waals surface area contributed by atoms with Crippen LogP contribution in [-0.2, 0) is 4.79 Å². The number of carbonyl (C=O) groups excluding carboxylic acids is 1. The van der Waals surface area contributed by atoms with Gasteiger partial charge in [0.15, 0.2) is 0 Å². The fraction of sp³-hybridized carbons (Fsp3) is 0.462. The Labute approximate surface area is 93.0 Å². The van der Waals surface area contributed by atoms with E-state index in [0.717, 1.165) is 19.3 Å². The van der Waals surface area contributed by atoms with E-state index < -0.39 is 0 Å². The van der Waals surface area contributed by atoms with Crippen LogP contribution in [0.4, 0.5) is 0 Å². The maximum atomic E-state index is 11.0. The summed E-state index contributed by atoms with van der Waals surface area (Å²) in [5, 5.41) is 0. The molecule has 0 aromatic heterocycles. The summed E-state index contributed by atoms with van der Waals surface area (Å²) in [4.78, 5) is 12.6. The average Bonchev–Trinajstić information content (AvgIpc) is 2.21. The molecule has 0 rings (SSSR count). The summed E-state index contributed by atoms with van der Waals surface area (Å²) in [5.74, 6) is 0.0283. The van der Waals surface area contributed by atoms with Crippen LogP contribution in [0.2, 0.25) is 0 Å². The van der Waals surface area contributed by atoms with E-state index in [1.807, 2.05) is 6.08 Å². The van der Waals surface area contributed by atoms with Gasteiger partial charge in [0.05, 0.1) is 0 Å². The Morgan fingerprint density at radius 2 is 1.80 bits per heavy atom. The zero-order chi connectivity index (χ0) is 11.5. The number of hydrogen-bond donors (Lipinski definition) is 0. The Bertz CT molecular complexity index is 241. The van der Waals surface area contributed by atoms with E-state index in [9.17, 15) is 4.79 Å². The molecular weight excluding hydrogens is 186 g/mol. The minimum Gasteiger partial charge on any atom is -0.316 e. The van der Waals surface area contributed by atoms with Gasteiger partial charge < -0.3 is 4.90 Å². The van der Waals surface area contributed by atoms with Gasteiger partial charge in [-0.15, -0.1) is 0 Å². The second kappa shape index (κ2) is 9.25. The third kappa shape index (κ3) is 7.74. The van der Waals surface area contributed by atoms with Crippen molar-refractivity contribution >= 4 is 5.91 Å². The maximum Gasteiger partial charge on any atom is 0.223 e. The first-order chi connectivity index (χ1) is 7.22. The number of carbonyl (C=O) groups is 1. The van der Waals surface area contributed by atoms with Crippen molar-refractivity contribution < 1.29 is 4.79 Å². The van der Waals surface area contributed by atoms with E-state index in [1.54, 1.807) is 18.0 Å². The summed E-state index contributed by atoms with van der Waals surface area (Å²) in [6.45, 7) is 7.87. The number of amides is 1. The largest absolute Gasteiger partial charge is 0.316 e. The molecule has 0 saturated heterocycles. The van der Waals surface area contributed by atoms with Gasteiger partial charge in [-0.1, -0.05) is 37.8 Å². The van der Waals surface area contributed by atoms with Crippen LogP contribution in [0.3, 0.4) is 0 Å². The highest BCUT2D eigenvalue weighted by Crippen LogP contribution is 1.96. The number of rotatable bonds is 7. The lowest BCUT2D eigenvalue weighted by atomic mass is 10.2. The zero-order valence-corrected chi connectivity index (χ0v) is 9.78. The van der Waals surface area contributed by atoms with Crippen LogP contribution in [-0.4, -0.2) is 17.4 Å². The standard InChI is InChI=1S/C13H21NO/c1-4-6-7-8-9-10-11-12-14(5-2)13(3)15/h5-7,10-11H,2,4,8-9,12H2,1,3H3/b7-6-,11-10+. The third-order valence-corrected chi connectivity index (χ3v) is 2.00. The molecule has 0 spiro atoms. The molecule has 0 radical (unpaired) electrons. The minimum atomic E-state index is 0.0283. The SMILES string of the molecule is C=CN(C/C=C/CC/C=C\CC)C(C)=O. The molecule has 0 fully saturated rings. The van der Waals surface area contributed by atoms with E-state index in [0.29, 0.717) is 6.54 Å². The summed E-state index contributed by atoms with van der Waals surface area (Å²) in [6.07, 6.45) is 13.2. The molecule has 0 N–H and O–H groups in total. The highest BCUT2D eigenvalue weighted by atomic mass is 16.2. The number of nitrogens with zero attached hydrogens (tertiary/aromatic N) is 1. The lowest BCUT2D eigenvalue weighted by molar-refractivity contribution is -0.125. The van der Waals surface area contributed by atoms with Gasteiger partial charge >= 0.3 is 0 Å². The van der Waals surface area contributed by atoms with Gasteiger partial charge in [-0.05, 0) is 25.5 Å². The van der Waals surface area contributed by atoms with Crippen LogP contribution < -0.4 is 0 Å². The second-order valence-corrected chi connectivity index (χ2v) is 3.28. The second-order valence-electron chi connectivity index (χ2n) is 3.28. The summed E-state index contributed by atoms with van der Waals surface area (Å²) in [5.41, 5.74) is 0. The van der Waals surface area contributed by atoms with Crippen LogP contribution >= 0.6 is 0 Å². The van der Waals surface area contributed by atoms with Crippen LogP contribution in [0.1, 0.15) is 33.1 Å². The van der Waals surface area contributed by atoms with Crippen LogP contribution in [0.5, 0.6) is 0 Å². The molecule has 0 bridgehead atoms. The van der Waals surface area contributed by atoms with Crippen LogP contribution in [0, 0.1) is 0 Å². The average molecular weight is 207 g/mol. The van der Waals surface area contributed by atoms with Crippen molar-refractivity contribution in [3.05, 3.63) is 37.1 Å². The molecule has 1 amide bonds. The molecule has 0 aromatic carbocycles. The van der Waals surface area contributed by atoms with Crippen molar-refractivity contribution in [3.63, 3.8) is 0 Å². The number of unbranched alkanes of at least 4 members (excludes halogenated alkanes) is 1. The number of allylic oxidation sites excluding steroid dienone is 3. The van der Waals surface area contributed by atoms with Crippen molar-refractivity contribution in [2.24, 2.45) is 0 Å². The van der Waals surface area contributed by atoms with Crippen LogP contribution in [0.25, 0.3) is 0 Å². The normalized spacial score (nSPS) is 11.1. The van der Waals surface area contributed by atoms with Gasteiger partial charge in [-0.25, -0.2) is 0 Å². The van der Waals surface area contributed by atoms with Gasteiger partial charge in [0.2, 0.25) is 5.91 Å². The van der Waals surface area contributed by atoms with Crippen molar-refractivity contribution in [1.29, 1.82) is 0 Å². The zero-order valence-electron chi connectivity index (χ0n) is 9.78. The Balaban J connectivity index is 3.65. The topological polar surface area (TPSA) is 20.3 Å². The smallest absolute Gasteiger partial charge is 0.223 e. The van der Waals surface area contributed by atoms with Crippen molar-refractivity contribution in [2.75, 3.05) is 6.54 Å². The first-order valence-electron chi connectivity index (χ1n) is 5.42. The van der Waals surface area contributed by atoms with Gasteiger partial charge in [0, 0.05) is 13.5 Å². The monoisotopic (exact) mass is 207 g/mol. The molecule has 0 aliphatic carbocycles. The summed E-state index contributed by atoms with van der Waals surface area (Å²) < 4.78 is 0. The molecule has 0 unspecified atom stereocenters. The van der Waals surface area contributed by atoms with Crippen molar-refractivity contribution in [2.45, 2.75) is 33.1 Å². The quantitative estimate of drug-likeness (QED) is 0.463. The van der Waals surface area contributed by atoms with E-state index in [4.69, 9.17) is 0 Å². The van der Waals surface area contributed by atoms with E-state index in [2.05, 4.69) is 31.7 Å². The maximum absolute atomic E-state index is 11.0. The highest BCUT2D eigenvalue weighted by Gasteiger charge is 1.99. The Kier molecular flexibility index (Phi) is 8.44. The van der Waals surface area contributed by atoms with Gasteiger partial charge in [0.1, 0.15) is 0 Å². The van der Waals surface area contributed by atoms with Gasteiger partial charge in [-0.3, -0.25) is 4.79 Å². The van der Waals surface area contributed by atoms with Crippen molar-refractivity contribution in [3.8, 4) is 0 Å². The molecule has 2 heteroatoms. The van der Waals surface area contributed by atoms with E-state index >= 15 is 0 Å². The lowest BCUT2D eigenvalue weighted by Gasteiger charge is -2.12. The highest BCUT2D eigenvalue weighted by molar-refractivity contribution is 5.74. The van der Waals surface area contributed by atoms with E-state index in [-0.39, 0.29) is 5.91 Å². The summed E-state index contributed by atoms with van der Waals surface area (Å²) >= 11 is 0. The Morgan fingerprint density at radius 3 is 2.27 bits per heavy atom. The fourth-order valence-corrected chi connectivity index (χ4v) is 1.11. The van der Waals surface area contributed by atoms with Gasteiger partial charge in [-0.2, -0.15) is 0 Å². The molecule has 0 heterocycles. The van der Waals surface area contributed by atoms with Crippen molar-refractivity contribution in [1.82, 2.24) is 4.90 Å². The Hall–Kier alpha value is -1.31. The van der Waals surface area contributed by atoms with Gasteiger partial charge in [0.25, 0.3) is 0 Å². The fourth-order valence-electron chi connectivity index (χ4n) is 1.11. The minimum absolute atomic E-state index is 0.0283. The van der Waals surface area contributed by atoms with E-state index in [1.165, 1.54) is 0 Å². The first kappa shape index (κ1) is 13.7. The van der Waals surface area contributed by atoms with Crippen LogP contribution in [0.15, 0.2) is 37.1 Å². The molecule has 0 aromatic rings. The molecule has 0 aliphatic heterocycles. The molecule has 2 nitrogen and oxygen atoms in total. The summed E-state index contributed by atoms with van der Waals surface area (Å²) in [7, 11) is 0. The molecule has 0 aliphatic rings. The first-order valence-corrected chi connectivity index (χ1v) is 5.42. The molecular formula is C13H21NO. The molecule has 84 valence electrons. The Morgan fingerprint density at radius 1 is 1.20 bits per heavy atom. The lowest BCUT2D eigenvalue weighted by Crippen LogP contribution is -2.22. The molecule has 15 heavy (non-hydrogen) atoms.